The highest BCUT2D eigenvalue weighted by molar-refractivity contribution is 7.99. The number of aliphatic hydroxyl groups is 2. The van der Waals surface area contributed by atoms with E-state index in [0.717, 1.165) is 30.8 Å². The lowest BCUT2D eigenvalue weighted by atomic mass is 9.81. The van der Waals surface area contributed by atoms with Crippen LogP contribution in [0.3, 0.4) is 0 Å². The van der Waals surface area contributed by atoms with Gasteiger partial charge in [-0.2, -0.15) is 11.8 Å². The molecule has 0 amide bonds. The van der Waals surface area contributed by atoms with Gasteiger partial charge in [-0.3, -0.25) is 0 Å². The minimum atomic E-state index is -0.0842. The molecule has 1 saturated heterocycles. The van der Waals surface area contributed by atoms with Gasteiger partial charge in [-0.15, -0.1) is 0 Å². The molecule has 4 atom stereocenters. The Morgan fingerprint density at radius 1 is 1.14 bits per heavy atom. The minimum Gasteiger partial charge on any atom is -0.393 e. The lowest BCUT2D eigenvalue weighted by Gasteiger charge is -2.28. The summed E-state index contributed by atoms with van der Waals surface area (Å²) in [6, 6.07) is 0. The van der Waals surface area contributed by atoms with Crippen LogP contribution in [0.2, 0.25) is 0 Å². The Labute approximate surface area is 90.1 Å². The SMILES string of the molecule is OC1CCCC(CC2CSCC2O)C1. The predicted molar refractivity (Wildman–Crippen MR) is 59.4 cm³/mol. The highest BCUT2D eigenvalue weighted by atomic mass is 32.2. The van der Waals surface area contributed by atoms with Crippen molar-refractivity contribution in [2.24, 2.45) is 11.8 Å². The van der Waals surface area contributed by atoms with Crippen molar-refractivity contribution in [1.29, 1.82) is 0 Å². The van der Waals surface area contributed by atoms with Gasteiger partial charge in [0.15, 0.2) is 0 Å². The first-order chi connectivity index (χ1) is 6.75. The molecule has 1 heterocycles. The fourth-order valence-electron chi connectivity index (χ4n) is 2.72. The van der Waals surface area contributed by atoms with E-state index in [1.54, 1.807) is 0 Å². The summed E-state index contributed by atoms with van der Waals surface area (Å²) in [5.74, 6) is 3.20. The van der Waals surface area contributed by atoms with E-state index in [9.17, 15) is 10.2 Å². The van der Waals surface area contributed by atoms with Gasteiger partial charge in [0.2, 0.25) is 0 Å². The summed E-state index contributed by atoms with van der Waals surface area (Å²) < 4.78 is 0. The quantitative estimate of drug-likeness (QED) is 0.737. The molecular weight excluding hydrogens is 196 g/mol. The summed E-state index contributed by atoms with van der Waals surface area (Å²) in [6.07, 6.45) is 5.35. The van der Waals surface area contributed by atoms with Gasteiger partial charge in [-0.1, -0.05) is 12.8 Å². The highest BCUT2D eigenvalue weighted by Crippen LogP contribution is 2.35. The molecule has 0 aromatic rings. The molecule has 0 bridgehead atoms. The Bertz CT molecular complexity index is 186. The Balaban J connectivity index is 1.78. The molecule has 1 saturated carbocycles. The lowest BCUT2D eigenvalue weighted by Crippen LogP contribution is -2.25. The predicted octanol–water partition coefficient (Wildman–Crippen LogP) is 1.65. The van der Waals surface area contributed by atoms with Crippen LogP contribution in [-0.4, -0.2) is 33.9 Å². The molecule has 1 aliphatic heterocycles. The smallest absolute Gasteiger partial charge is 0.0666 e. The van der Waals surface area contributed by atoms with Gasteiger partial charge < -0.3 is 10.2 Å². The van der Waals surface area contributed by atoms with Crippen LogP contribution in [-0.2, 0) is 0 Å². The van der Waals surface area contributed by atoms with Gasteiger partial charge in [0.1, 0.15) is 0 Å². The molecule has 0 aromatic carbocycles. The van der Waals surface area contributed by atoms with Crippen LogP contribution >= 0.6 is 11.8 Å². The van der Waals surface area contributed by atoms with Gasteiger partial charge in [0.05, 0.1) is 12.2 Å². The first-order valence-electron chi connectivity index (χ1n) is 5.69. The van der Waals surface area contributed by atoms with E-state index in [1.165, 1.54) is 12.8 Å². The minimum absolute atomic E-state index is 0.0695. The zero-order chi connectivity index (χ0) is 9.97. The zero-order valence-electron chi connectivity index (χ0n) is 8.56. The Morgan fingerprint density at radius 2 is 2.00 bits per heavy atom. The number of hydrogen-bond acceptors (Lipinski definition) is 3. The number of thioether (sulfide) groups is 1. The zero-order valence-corrected chi connectivity index (χ0v) is 9.38. The van der Waals surface area contributed by atoms with E-state index in [-0.39, 0.29) is 12.2 Å². The lowest BCUT2D eigenvalue weighted by molar-refractivity contribution is 0.0762. The second-order valence-corrected chi connectivity index (χ2v) is 5.86. The number of hydrogen-bond donors (Lipinski definition) is 2. The second kappa shape index (κ2) is 4.86. The van der Waals surface area contributed by atoms with Gasteiger partial charge >= 0.3 is 0 Å². The summed E-state index contributed by atoms with van der Waals surface area (Å²) in [7, 11) is 0. The molecule has 0 radical (unpaired) electrons. The average molecular weight is 216 g/mol. The molecular formula is C11H20O2S. The van der Waals surface area contributed by atoms with Gasteiger partial charge in [-0.25, -0.2) is 0 Å². The van der Waals surface area contributed by atoms with E-state index >= 15 is 0 Å². The van der Waals surface area contributed by atoms with Gasteiger partial charge in [0, 0.05) is 5.75 Å². The van der Waals surface area contributed by atoms with Crippen LogP contribution in [0.1, 0.15) is 32.1 Å². The molecule has 2 nitrogen and oxygen atoms in total. The monoisotopic (exact) mass is 216 g/mol. The van der Waals surface area contributed by atoms with Crippen LogP contribution in [0.5, 0.6) is 0 Å². The Morgan fingerprint density at radius 3 is 2.64 bits per heavy atom. The standard InChI is InChI=1S/C11H20O2S/c12-10-3-1-2-8(5-10)4-9-6-14-7-11(9)13/h8-13H,1-7H2. The molecule has 3 heteroatoms. The third-order valence-corrected chi connectivity index (χ3v) is 4.80. The fourth-order valence-corrected chi connectivity index (χ4v) is 4.03. The van der Waals surface area contributed by atoms with Crippen molar-refractivity contribution in [3.05, 3.63) is 0 Å². The topological polar surface area (TPSA) is 40.5 Å². The molecule has 82 valence electrons. The number of aliphatic hydroxyl groups excluding tert-OH is 2. The second-order valence-electron chi connectivity index (χ2n) is 4.79. The summed E-state index contributed by atoms with van der Waals surface area (Å²) in [5.41, 5.74) is 0. The normalized spacial score (nSPS) is 44.1. The van der Waals surface area contributed by atoms with E-state index in [2.05, 4.69) is 0 Å². The summed E-state index contributed by atoms with van der Waals surface area (Å²) in [4.78, 5) is 0. The maximum absolute atomic E-state index is 9.70. The van der Waals surface area contributed by atoms with E-state index in [4.69, 9.17) is 0 Å². The molecule has 0 aromatic heterocycles. The Hall–Kier alpha value is 0.270. The molecule has 2 rings (SSSR count). The van der Waals surface area contributed by atoms with Crippen LogP contribution in [0.15, 0.2) is 0 Å². The molecule has 14 heavy (non-hydrogen) atoms. The first-order valence-corrected chi connectivity index (χ1v) is 6.85. The van der Waals surface area contributed by atoms with Crippen LogP contribution < -0.4 is 0 Å². The first kappa shape index (κ1) is 10.8. The van der Waals surface area contributed by atoms with Crippen LogP contribution in [0.25, 0.3) is 0 Å². The summed E-state index contributed by atoms with van der Waals surface area (Å²) in [5, 5.41) is 19.3. The molecule has 0 spiro atoms. The van der Waals surface area contributed by atoms with Crippen LogP contribution in [0, 0.1) is 11.8 Å². The maximum atomic E-state index is 9.70. The molecule has 2 fully saturated rings. The molecule has 2 N–H and O–H groups in total. The van der Waals surface area contributed by atoms with Crippen molar-refractivity contribution < 1.29 is 10.2 Å². The molecule has 1 aliphatic carbocycles. The van der Waals surface area contributed by atoms with E-state index in [1.807, 2.05) is 11.8 Å². The van der Waals surface area contributed by atoms with Crippen molar-refractivity contribution in [2.75, 3.05) is 11.5 Å². The van der Waals surface area contributed by atoms with Crippen molar-refractivity contribution in [3.63, 3.8) is 0 Å². The number of rotatable bonds is 2. The Kier molecular flexibility index (Phi) is 3.74. The van der Waals surface area contributed by atoms with Crippen molar-refractivity contribution in [3.8, 4) is 0 Å². The third-order valence-electron chi connectivity index (χ3n) is 3.56. The molecule has 4 unspecified atom stereocenters. The summed E-state index contributed by atoms with van der Waals surface area (Å²) in [6.45, 7) is 0. The fraction of sp³-hybridized carbons (Fsp3) is 1.00. The highest BCUT2D eigenvalue weighted by Gasteiger charge is 2.30. The van der Waals surface area contributed by atoms with Gasteiger partial charge in [0.25, 0.3) is 0 Å². The van der Waals surface area contributed by atoms with E-state index < -0.39 is 0 Å². The third kappa shape index (κ3) is 2.65. The largest absolute Gasteiger partial charge is 0.393 e. The van der Waals surface area contributed by atoms with E-state index in [0.29, 0.717) is 11.8 Å². The van der Waals surface area contributed by atoms with Crippen molar-refractivity contribution >= 4 is 11.8 Å². The summed E-state index contributed by atoms with van der Waals surface area (Å²) >= 11 is 1.87. The average Bonchev–Trinajstić information content (AvgIpc) is 2.52. The van der Waals surface area contributed by atoms with Gasteiger partial charge in [-0.05, 0) is 36.9 Å². The van der Waals surface area contributed by atoms with Crippen LogP contribution in [0.4, 0.5) is 0 Å². The van der Waals surface area contributed by atoms with Crippen molar-refractivity contribution in [2.45, 2.75) is 44.3 Å². The van der Waals surface area contributed by atoms with Crippen molar-refractivity contribution in [1.82, 2.24) is 0 Å². The molecule has 2 aliphatic rings. The maximum Gasteiger partial charge on any atom is 0.0666 e.